The van der Waals surface area contributed by atoms with E-state index in [1.807, 2.05) is 13.8 Å². The molecule has 1 rings (SSSR count). The summed E-state index contributed by atoms with van der Waals surface area (Å²) in [5, 5.41) is 3.00. The van der Waals surface area contributed by atoms with Crippen LogP contribution in [0.1, 0.15) is 25.8 Å². The molecule has 0 saturated heterocycles. The molecule has 3 N–H and O–H groups in total. The smallest absolute Gasteiger partial charge is 0.387 e. The molecule has 1 unspecified atom stereocenters. The molecule has 7 heteroatoms. The van der Waals surface area contributed by atoms with E-state index in [-0.39, 0.29) is 24.3 Å². The molecule has 0 bridgehead atoms. The van der Waals surface area contributed by atoms with Crippen molar-refractivity contribution >= 4 is 5.96 Å². The van der Waals surface area contributed by atoms with E-state index in [9.17, 15) is 8.78 Å². The number of nitrogens with one attached hydrogen (secondary N) is 1. The Morgan fingerprint density at radius 1 is 1.43 bits per heavy atom. The van der Waals surface area contributed by atoms with Crippen LogP contribution in [0.25, 0.3) is 0 Å². The Kier molecular flexibility index (Phi) is 6.71. The molecular formula is C14H21F2N3O2. The molecule has 21 heavy (non-hydrogen) atoms. The SMILES string of the molecule is CCC(C)NC(N)=NCc1ccc(OC)cc1OC(F)F. The van der Waals surface area contributed by atoms with Gasteiger partial charge in [0.25, 0.3) is 0 Å². The Bertz CT molecular complexity index is 481. The van der Waals surface area contributed by atoms with E-state index in [1.165, 1.54) is 13.2 Å². The third-order valence-electron chi connectivity index (χ3n) is 2.92. The van der Waals surface area contributed by atoms with Crippen molar-refractivity contribution in [2.24, 2.45) is 10.7 Å². The first-order valence-electron chi connectivity index (χ1n) is 6.64. The molecular weight excluding hydrogens is 280 g/mol. The van der Waals surface area contributed by atoms with Crippen molar-refractivity contribution in [1.82, 2.24) is 5.32 Å². The molecule has 1 atom stereocenters. The second-order valence-electron chi connectivity index (χ2n) is 4.51. The summed E-state index contributed by atoms with van der Waals surface area (Å²) in [7, 11) is 1.45. The van der Waals surface area contributed by atoms with Gasteiger partial charge < -0.3 is 20.5 Å². The third kappa shape index (κ3) is 5.85. The normalized spacial score (nSPS) is 13.1. The van der Waals surface area contributed by atoms with E-state index in [0.717, 1.165) is 6.42 Å². The van der Waals surface area contributed by atoms with Crippen LogP contribution in [0.15, 0.2) is 23.2 Å². The Balaban J connectivity index is 2.83. The van der Waals surface area contributed by atoms with Crippen molar-refractivity contribution < 1.29 is 18.3 Å². The van der Waals surface area contributed by atoms with E-state index < -0.39 is 6.61 Å². The number of methoxy groups -OCH3 is 1. The standard InChI is InChI=1S/C14H21F2N3O2/c1-4-9(2)19-14(17)18-8-10-5-6-11(20-3)7-12(10)21-13(15)16/h5-7,9,13H,4,8H2,1-3H3,(H3,17,18,19). The summed E-state index contributed by atoms with van der Waals surface area (Å²) < 4.78 is 34.3. The minimum Gasteiger partial charge on any atom is -0.497 e. The zero-order valence-corrected chi connectivity index (χ0v) is 12.4. The van der Waals surface area contributed by atoms with Crippen LogP contribution in [0.3, 0.4) is 0 Å². The molecule has 1 aromatic carbocycles. The fraction of sp³-hybridized carbons (Fsp3) is 0.500. The van der Waals surface area contributed by atoms with Gasteiger partial charge in [-0.2, -0.15) is 8.78 Å². The Labute approximate surface area is 123 Å². The lowest BCUT2D eigenvalue weighted by Crippen LogP contribution is -2.38. The van der Waals surface area contributed by atoms with Gasteiger partial charge in [0, 0.05) is 17.7 Å². The fourth-order valence-electron chi connectivity index (χ4n) is 1.57. The monoisotopic (exact) mass is 301 g/mol. The van der Waals surface area contributed by atoms with Gasteiger partial charge >= 0.3 is 6.61 Å². The van der Waals surface area contributed by atoms with E-state index in [2.05, 4.69) is 15.0 Å². The number of halogens is 2. The van der Waals surface area contributed by atoms with Crippen LogP contribution >= 0.6 is 0 Å². The molecule has 0 radical (unpaired) electrons. The van der Waals surface area contributed by atoms with Gasteiger partial charge in [0.05, 0.1) is 13.7 Å². The van der Waals surface area contributed by atoms with E-state index in [0.29, 0.717) is 11.3 Å². The van der Waals surface area contributed by atoms with Gasteiger partial charge in [-0.25, -0.2) is 4.99 Å². The molecule has 0 heterocycles. The highest BCUT2D eigenvalue weighted by Gasteiger charge is 2.11. The number of nitrogens with two attached hydrogens (primary N) is 1. The van der Waals surface area contributed by atoms with Crippen molar-refractivity contribution in [2.45, 2.75) is 39.5 Å². The molecule has 0 aliphatic heterocycles. The second kappa shape index (κ2) is 8.28. The summed E-state index contributed by atoms with van der Waals surface area (Å²) >= 11 is 0. The number of ether oxygens (including phenoxy) is 2. The number of rotatable bonds is 7. The lowest BCUT2D eigenvalue weighted by atomic mass is 10.2. The quantitative estimate of drug-likeness (QED) is 0.600. The highest BCUT2D eigenvalue weighted by atomic mass is 19.3. The van der Waals surface area contributed by atoms with Crippen LogP contribution in [0.5, 0.6) is 11.5 Å². The molecule has 1 aromatic rings. The molecule has 0 amide bonds. The van der Waals surface area contributed by atoms with Crippen molar-refractivity contribution in [2.75, 3.05) is 7.11 Å². The topological polar surface area (TPSA) is 68.9 Å². The van der Waals surface area contributed by atoms with Crippen LogP contribution in [-0.2, 0) is 6.54 Å². The molecule has 0 aliphatic rings. The lowest BCUT2D eigenvalue weighted by Gasteiger charge is -2.13. The first-order valence-corrected chi connectivity index (χ1v) is 6.64. The van der Waals surface area contributed by atoms with Gasteiger partial charge in [-0.05, 0) is 25.5 Å². The number of aliphatic imine (C=N–C) groups is 1. The molecule has 0 fully saturated rings. The Hall–Kier alpha value is -2.05. The predicted molar refractivity (Wildman–Crippen MR) is 77.8 cm³/mol. The molecule has 5 nitrogen and oxygen atoms in total. The number of alkyl halides is 2. The maximum Gasteiger partial charge on any atom is 0.387 e. The van der Waals surface area contributed by atoms with Gasteiger partial charge in [-0.1, -0.05) is 6.92 Å². The number of guanidine groups is 1. The van der Waals surface area contributed by atoms with Crippen molar-refractivity contribution in [3.8, 4) is 11.5 Å². The molecule has 118 valence electrons. The zero-order chi connectivity index (χ0) is 15.8. The van der Waals surface area contributed by atoms with Gasteiger partial charge in [0.1, 0.15) is 11.5 Å². The first kappa shape index (κ1) is 17.0. The highest BCUT2D eigenvalue weighted by molar-refractivity contribution is 5.78. The number of hydrogen-bond donors (Lipinski definition) is 2. The van der Waals surface area contributed by atoms with Crippen LogP contribution in [0.4, 0.5) is 8.78 Å². The van der Waals surface area contributed by atoms with Crippen LogP contribution in [0, 0.1) is 0 Å². The summed E-state index contributed by atoms with van der Waals surface area (Å²) in [6, 6.07) is 4.87. The van der Waals surface area contributed by atoms with E-state index in [4.69, 9.17) is 10.5 Å². The average molecular weight is 301 g/mol. The number of nitrogens with zero attached hydrogens (tertiary/aromatic N) is 1. The summed E-state index contributed by atoms with van der Waals surface area (Å²) in [5.74, 6) is 0.733. The fourth-order valence-corrected chi connectivity index (χ4v) is 1.57. The van der Waals surface area contributed by atoms with E-state index >= 15 is 0 Å². The van der Waals surface area contributed by atoms with Gasteiger partial charge in [-0.3, -0.25) is 0 Å². The molecule has 0 spiro atoms. The van der Waals surface area contributed by atoms with E-state index in [1.54, 1.807) is 12.1 Å². The molecule has 0 saturated carbocycles. The summed E-state index contributed by atoms with van der Waals surface area (Å²) in [6.07, 6.45) is 0.901. The lowest BCUT2D eigenvalue weighted by molar-refractivity contribution is -0.0505. The van der Waals surface area contributed by atoms with Gasteiger partial charge in [0.15, 0.2) is 5.96 Å². The Morgan fingerprint density at radius 2 is 2.14 bits per heavy atom. The number of hydrogen-bond acceptors (Lipinski definition) is 3. The zero-order valence-electron chi connectivity index (χ0n) is 12.4. The molecule has 0 aromatic heterocycles. The van der Waals surface area contributed by atoms with Crippen LogP contribution in [-0.4, -0.2) is 25.7 Å². The van der Waals surface area contributed by atoms with Gasteiger partial charge in [0.2, 0.25) is 0 Å². The maximum atomic E-state index is 12.4. The summed E-state index contributed by atoms with van der Waals surface area (Å²) in [5.41, 5.74) is 6.24. The van der Waals surface area contributed by atoms with Crippen LogP contribution in [0.2, 0.25) is 0 Å². The molecule has 0 aliphatic carbocycles. The first-order chi connectivity index (χ1) is 9.96. The third-order valence-corrected chi connectivity index (χ3v) is 2.92. The largest absolute Gasteiger partial charge is 0.497 e. The highest BCUT2D eigenvalue weighted by Crippen LogP contribution is 2.26. The average Bonchev–Trinajstić information content (AvgIpc) is 2.45. The minimum atomic E-state index is -2.91. The predicted octanol–water partition coefficient (Wildman–Crippen LogP) is 2.50. The number of benzene rings is 1. The summed E-state index contributed by atoms with van der Waals surface area (Å²) in [4.78, 5) is 4.12. The Morgan fingerprint density at radius 3 is 2.71 bits per heavy atom. The summed E-state index contributed by atoms with van der Waals surface area (Å²) in [6.45, 7) is 1.22. The van der Waals surface area contributed by atoms with Crippen LogP contribution < -0.4 is 20.5 Å². The van der Waals surface area contributed by atoms with Gasteiger partial charge in [-0.15, -0.1) is 0 Å². The van der Waals surface area contributed by atoms with Crippen molar-refractivity contribution in [1.29, 1.82) is 0 Å². The minimum absolute atomic E-state index is 0.0319. The second-order valence-corrected chi connectivity index (χ2v) is 4.51. The maximum absolute atomic E-state index is 12.4. The van der Waals surface area contributed by atoms with Crippen molar-refractivity contribution in [3.63, 3.8) is 0 Å². The van der Waals surface area contributed by atoms with Crippen molar-refractivity contribution in [3.05, 3.63) is 23.8 Å².